The molecule has 3 heteroatoms. The lowest BCUT2D eigenvalue weighted by molar-refractivity contribution is 0.355. The Morgan fingerprint density at radius 2 is 2.08 bits per heavy atom. The van der Waals surface area contributed by atoms with E-state index in [9.17, 15) is 4.79 Å². The van der Waals surface area contributed by atoms with E-state index in [-0.39, 0.29) is 11.1 Å². The number of nitrogens with zero attached hydrogens (tertiary/aromatic N) is 1. The van der Waals surface area contributed by atoms with Crippen LogP contribution in [-0.4, -0.2) is 11.1 Å². The standard InChI is InChI=1S/C10H16N2O/c1-8-4-5-9(13)12(6-8)10(2,3)7-11/h4-6H,7,11H2,1-3H3. The number of hydrogen-bond acceptors (Lipinski definition) is 2. The lowest BCUT2D eigenvalue weighted by Gasteiger charge is -2.25. The maximum absolute atomic E-state index is 11.5. The molecule has 2 N–H and O–H groups in total. The fourth-order valence-electron chi connectivity index (χ4n) is 1.16. The normalized spacial score (nSPS) is 11.7. The summed E-state index contributed by atoms with van der Waals surface area (Å²) in [6.45, 7) is 6.32. The monoisotopic (exact) mass is 180 g/mol. The predicted octanol–water partition coefficient (Wildman–Crippen LogP) is 0.851. The minimum Gasteiger partial charge on any atom is -0.328 e. The average Bonchev–Trinajstić information content (AvgIpc) is 2.09. The van der Waals surface area contributed by atoms with Crippen molar-refractivity contribution in [1.29, 1.82) is 0 Å². The van der Waals surface area contributed by atoms with Gasteiger partial charge in [0.1, 0.15) is 0 Å². The van der Waals surface area contributed by atoms with Crippen LogP contribution in [0.3, 0.4) is 0 Å². The topological polar surface area (TPSA) is 48.0 Å². The summed E-state index contributed by atoms with van der Waals surface area (Å²) in [6, 6.07) is 3.39. The molecule has 0 aromatic carbocycles. The lowest BCUT2D eigenvalue weighted by Crippen LogP contribution is -2.41. The van der Waals surface area contributed by atoms with Crippen LogP contribution >= 0.6 is 0 Å². The molecule has 1 aromatic rings. The van der Waals surface area contributed by atoms with E-state index in [0.717, 1.165) is 5.56 Å². The Morgan fingerprint density at radius 3 is 2.62 bits per heavy atom. The van der Waals surface area contributed by atoms with Gasteiger partial charge in [-0.3, -0.25) is 4.79 Å². The van der Waals surface area contributed by atoms with Crippen molar-refractivity contribution >= 4 is 0 Å². The molecule has 0 radical (unpaired) electrons. The van der Waals surface area contributed by atoms with Crippen LogP contribution in [-0.2, 0) is 5.54 Å². The molecule has 0 unspecified atom stereocenters. The van der Waals surface area contributed by atoms with E-state index >= 15 is 0 Å². The highest BCUT2D eigenvalue weighted by molar-refractivity contribution is 5.09. The summed E-state index contributed by atoms with van der Waals surface area (Å²) in [6.07, 6.45) is 1.84. The van der Waals surface area contributed by atoms with Gasteiger partial charge in [0.05, 0.1) is 5.54 Å². The number of aryl methyl sites for hydroxylation is 1. The highest BCUT2D eigenvalue weighted by Gasteiger charge is 2.18. The fourth-order valence-corrected chi connectivity index (χ4v) is 1.16. The molecule has 13 heavy (non-hydrogen) atoms. The van der Waals surface area contributed by atoms with Crippen LogP contribution in [0, 0.1) is 6.92 Å². The van der Waals surface area contributed by atoms with Gasteiger partial charge in [0.25, 0.3) is 5.56 Å². The van der Waals surface area contributed by atoms with E-state index in [1.54, 1.807) is 10.6 Å². The van der Waals surface area contributed by atoms with E-state index < -0.39 is 0 Å². The van der Waals surface area contributed by atoms with Gasteiger partial charge in [-0.25, -0.2) is 0 Å². The van der Waals surface area contributed by atoms with Crippen molar-refractivity contribution in [2.45, 2.75) is 26.3 Å². The number of pyridine rings is 1. The van der Waals surface area contributed by atoms with Gasteiger partial charge in [-0.1, -0.05) is 6.07 Å². The molecule has 0 saturated heterocycles. The maximum atomic E-state index is 11.5. The molecule has 0 bridgehead atoms. The molecule has 0 spiro atoms. The van der Waals surface area contributed by atoms with Crippen LogP contribution in [0.15, 0.2) is 23.1 Å². The Hall–Kier alpha value is -1.09. The highest BCUT2D eigenvalue weighted by atomic mass is 16.1. The fraction of sp³-hybridized carbons (Fsp3) is 0.500. The van der Waals surface area contributed by atoms with Crippen LogP contribution in [0.5, 0.6) is 0 Å². The number of nitrogens with two attached hydrogens (primary N) is 1. The third-order valence-corrected chi connectivity index (χ3v) is 2.21. The van der Waals surface area contributed by atoms with Crippen LogP contribution in [0.1, 0.15) is 19.4 Å². The zero-order chi connectivity index (χ0) is 10.1. The molecule has 1 aromatic heterocycles. The molecule has 0 fully saturated rings. The summed E-state index contributed by atoms with van der Waals surface area (Å²) in [7, 11) is 0. The Labute approximate surface area is 78.2 Å². The smallest absolute Gasteiger partial charge is 0.251 e. The summed E-state index contributed by atoms with van der Waals surface area (Å²) in [5.74, 6) is 0. The quantitative estimate of drug-likeness (QED) is 0.733. The van der Waals surface area contributed by atoms with Gasteiger partial charge in [-0.05, 0) is 26.3 Å². The highest BCUT2D eigenvalue weighted by Crippen LogP contribution is 2.10. The maximum Gasteiger partial charge on any atom is 0.251 e. The Balaban J connectivity index is 3.29. The summed E-state index contributed by atoms with van der Waals surface area (Å²) < 4.78 is 1.68. The van der Waals surface area contributed by atoms with Gasteiger partial charge in [-0.2, -0.15) is 0 Å². The van der Waals surface area contributed by atoms with Crippen LogP contribution in [0.2, 0.25) is 0 Å². The molecule has 3 nitrogen and oxygen atoms in total. The van der Waals surface area contributed by atoms with Crippen molar-refractivity contribution in [3.63, 3.8) is 0 Å². The molecule has 0 atom stereocenters. The molecule has 1 rings (SSSR count). The van der Waals surface area contributed by atoms with E-state index in [1.807, 2.05) is 33.0 Å². The van der Waals surface area contributed by atoms with Crippen molar-refractivity contribution in [1.82, 2.24) is 4.57 Å². The van der Waals surface area contributed by atoms with E-state index in [2.05, 4.69) is 0 Å². The first kappa shape index (κ1) is 9.99. The summed E-state index contributed by atoms with van der Waals surface area (Å²) in [5.41, 5.74) is 6.37. The molecule has 0 amide bonds. The molecular weight excluding hydrogens is 164 g/mol. The molecule has 0 saturated carbocycles. The van der Waals surface area contributed by atoms with Gasteiger partial charge in [0.15, 0.2) is 0 Å². The molecule has 0 aliphatic carbocycles. The Morgan fingerprint density at radius 1 is 1.46 bits per heavy atom. The Bertz CT molecular complexity index is 352. The van der Waals surface area contributed by atoms with Gasteiger partial charge >= 0.3 is 0 Å². The summed E-state index contributed by atoms with van der Waals surface area (Å²) in [5, 5.41) is 0. The second-order valence-electron chi connectivity index (χ2n) is 3.93. The number of hydrogen-bond donors (Lipinski definition) is 1. The predicted molar refractivity (Wildman–Crippen MR) is 53.8 cm³/mol. The zero-order valence-electron chi connectivity index (χ0n) is 8.37. The van der Waals surface area contributed by atoms with Crippen LogP contribution < -0.4 is 11.3 Å². The van der Waals surface area contributed by atoms with Crippen molar-refractivity contribution in [2.24, 2.45) is 5.73 Å². The van der Waals surface area contributed by atoms with E-state index in [0.29, 0.717) is 6.54 Å². The van der Waals surface area contributed by atoms with Gasteiger partial charge in [0.2, 0.25) is 0 Å². The van der Waals surface area contributed by atoms with E-state index in [4.69, 9.17) is 5.73 Å². The number of aromatic nitrogens is 1. The van der Waals surface area contributed by atoms with Gasteiger partial charge in [0, 0.05) is 18.8 Å². The minimum atomic E-state index is -0.302. The van der Waals surface area contributed by atoms with Crippen molar-refractivity contribution in [3.8, 4) is 0 Å². The molecular formula is C10H16N2O. The molecule has 1 heterocycles. The zero-order valence-corrected chi connectivity index (χ0v) is 8.37. The average molecular weight is 180 g/mol. The molecule has 0 aliphatic rings. The Kier molecular flexibility index (Phi) is 2.57. The third-order valence-electron chi connectivity index (χ3n) is 2.21. The van der Waals surface area contributed by atoms with Crippen LogP contribution in [0.4, 0.5) is 0 Å². The third kappa shape index (κ3) is 1.98. The molecule has 72 valence electrons. The van der Waals surface area contributed by atoms with E-state index in [1.165, 1.54) is 0 Å². The second-order valence-corrected chi connectivity index (χ2v) is 3.93. The van der Waals surface area contributed by atoms with Crippen molar-refractivity contribution in [2.75, 3.05) is 6.54 Å². The molecule has 0 aliphatic heterocycles. The first-order chi connectivity index (χ1) is 5.97. The van der Waals surface area contributed by atoms with Gasteiger partial charge < -0.3 is 10.3 Å². The summed E-state index contributed by atoms with van der Waals surface area (Å²) in [4.78, 5) is 11.5. The first-order valence-electron chi connectivity index (χ1n) is 4.37. The summed E-state index contributed by atoms with van der Waals surface area (Å²) >= 11 is 0. The minimum absolute atomic E-state index is 0.000972. The lowest BCUT2D eigenvalue weighted by atomic mass is 10.1. The van der Waals surface area contributed by atoms with Crippen molar-refractivity contribution in [3.05, 3.63) is 34.2 Å². The van der Waals surface area contributed by atoms with Crippen LogP contribution in [0.25, 0.3) is 0 Å². The number of rotatable bonds is 2. The van der Waals surface area contributed by atoms with Crippen molar-refractivity contribution < 1.29 is 0 Å². The van der Waals surface area contributed by atoms with Gasteiger partial charge in [-0.15, -0.1) is 0 Å². The second kappa shape index (κ2) is 3.34. The first-order valence-corrected chi connectivity index (χ1v) is 4.37. The largest absolute Gasteiger partial charge is 0.328 e. The SMILES string of the molecule is Cc1ccc(=O)n(C(C)(C)CN)c1.